The number of hydrogen-bond acceptors (Lipinski definition) is 7. The Morgan fingerprint density at radius 1 is 1.02 bits per heavy atom. The second-order valence-corrected chi connectivity index (χ2v) is 12.2. The van der Waals surface area contributed by atoms with Gasteiger partial charge in [-0.05, 0) is 81.5 Å². The van der Waals surface area contributed by atoms with E-state index in [-0.39, 0.29) is 11.5 Å². The number of hydrogen-bond donors (Lipinski definition) is 1. The van der Waals surface area contributed by atoms with E-state index in [1.165, 1.54) is 5.56 Å². The molecule has 0 atom stereocenters. The SMILES string of the molecule is CCc1cc(C)cc(CC)c1-c1c(OC(=O)C(C)(C)C)n2n(c1=O)CCOCC2.O=C(O)COc1ccc(Cl)c2cccnc12. The number of aliphatic carboxylic acids is 1. The lowest BCUT2D eigenvalue weighted by molar-refractivity contribution is -0.143. The molecule has 1 N–H and O–H groups in total. The maximum absolute atomic E-state index is 13.5. The van der Waals surface area contributed by atoms with E-state index in [9.17, 15) is 14.4 Å². The highest BCUT2D eigenvalue weighted by atomic mass is 35.5. The van der Waals surface area contributed by atoms with Crippen LogP contribution >= 0.6 is 11.6 Å². The molecule has 0 radical (unpaired) electrons. The van der Waals surface area contributed by atoms with Crippen LogP contribution < -0.4 is 15.0 Å². The summed E-state index contributed by atoms with van der Waals surface area (Å²) >= 11 is 5.98. The Morgan fingerprint density at radius 2 is 1.67 bits per heavy atom. The van der Waals surface area contributed by atoms with Gasteiger partial charge in [-0.1, -0.05) is 43.1 Å². The summed E-state index contributed by atoms with van der Waals surface area (Å²) in [7, 11) is 0. The predicted octanol–water partition coefficient (Wildman–Crippen LogP) is 6.08. The number of carbonyl (C=O) groups is 2. The summed E-state index contributed by atoms with van der Waals surface area (Å²) in [6, 6.07) is 11.1. The van der Waals surface area contributed by atoms with Crippen molar-refractivity contribution in [3.05, 3.63) is 74.7 Å². The third kappa shape index (κ3) is 7.57. The molecular weight excluding hydrogens is 598 g/mol. The molecule has 0 spiro atoms. The van der Waals surface area contributed by atoms with Crippen LogP contribution in [0.15, 0.2) is 47.4 Å². The number of aryl methyl sites for hydroxylation is 3. The van der Waals surface area contributed by atoms with Crippen LogP contribution in [0.3, 0.4) is 0 Å². The fourth-order valence-electron chi connectivity index (χ4n) is 5.16. The Hall–Kier alpha value is -4.15. The molecule has 0 amide bonds. The maximum Gasteiger partial charge on any atom is 0.341 e. The lowest BCUT2D eigenvalue weighted by Crippen LogP contribution is -2.27. The van der Waals surface area contributed by atoms with E-state index in [4.69, 9.17) is 30.9 Å². The van der Waals surface area contributed by atoms with Gasteiger partial charge in [0, 0.05) is 11.6 Å². The molecule has 4 aromatic rings. The molecule has 0 unspecified atom stereocenters. The first-order valence-electron chi connectivity index (χ1n) is 15.0. The Bertz CT molecular complexity index is 1740. The highest BCUT2D eigenvalue weighted by Crippen LogP contribution is 2.36. The molecule has 45 heavy (non-hydrogen) atoms. The Kier molecular flexibility index (Phi) is 10.7. The summed E-state index contributed by atoms with van der Waals surface area (Å²) in [5.74, 6) is -0.622. The second kappa shape index (κ2) is 14.3. The van der Waals surface area contributed by atoms with Gasteiger partial charge < -0.3 is 19.3 Å². The molecular formula is C34H40ClN3O7. The summed E-state index contributed by atoms with van der Waals surface area (Å²) in [6.45, 7) is 13.1. The number of carboxylic acid groups (broad SMARTS) is 1. The minimum Gasteiger partial charge on any atom is -0.480 e. The molecule has 5 rings (SSSR count). The number of ether oxygens (including phenoxy) is 3. The molecule has 0 fully saturated rings. The van der Waals surface area contributed by atoms with E-state index < -0.39 is 18.0 Å². The van der Waals surface area contributed by atoms with Crippen molar-refractivity contribution in [2.24, 2.45) is 5.41 Å². The van der Waals surface area contributed by atoms with E-state index in [0.717, 1.165) is 34.9 Å². The minimum absolute atomic E-state index is 0.125. The normalized spacial score (nSPS) is 13.0. The molecule has 11 heteroatoms. The molecule has 0 aliphatic carbocycles. The van der Waals surface area contributed by atoms with Crippen molar-refractivity contribution in [3.63, 3.8) is 0 Å². The topological polar surface area (TPSA) is 122 Å². The zero-order valence-corrected chi connectivity index (χ0v) is 27.4. The standard InChI is InChI=1S/C23H32N2O4.C11H8ClNO3/c1-7-16-13-15(3)14-17(8-2)18(16)19-20(26)24-9-11-28-12-10-25(24)21(19)29-22(27)23(4,5)6;12-8-3-4-9(16-6-10(14)15)11-7(8)2-1-5-13-11/h13-14H,7-12H2,1-6H3;1-5H,6H2,(H,14,15). The first kappa shape index (κ1) is 33.7. The summed E-state index contributed by atoms with van der Waals surface area (Å²) in [5, 5.41) is 9.83. The molecule has 3 heterocycles. The van der Waals surface area contributed by atoms with Crippen molar-refractivity contribution in [3.8, 4) is 22.8 Å². The van der Waals surface area contributed by atoms with E-state index in [1.54, 1.807) is 39.8 Å². The second-order valence-electron chi connectivity index (χ2n) is 11.8. The Labute approximate surface area is 267 Å². The third-order valence-corrected chi connectivity index (χ3v) is 7.70. The van der Waals surface area contributed by atoms with Gasteiger partial charge in [0.2, 0.25) is 5.88 Å². The minimum atomic E-state index is -1.03. The van der Waals surface area contributed by atoms with Crippen molar-refractivity contribution in [1.82, 2.24) is 14.3 Å². The molecule has 0 saturated carbocycles. The Balaban J connectivity index is 0.000000242. The molecule has 240 valence electrons. The van der Waals surface area contributed by atoms with Gasteiger partial charge in [0.1, 0.15) is 16.8 Å². The number of fused-ring (bicyclic) bond motifs is 2. The number of nitrogens with zero attached hydrogens (tertiary/aromatic N) is 3. The largest absolute Gasteiger partial charge is 0.480 e. The fraction of sp³-hybridized carbons (Fsp3) is 0.412. The van der Waals surface area contributed by atoms with Crippen molar-refractivity contribution >= 4 is 34.4 Å². The molecule has 0 saturated heterocycles. The van der Waals surface area contributed by atoms with Gasteiger partial charge in [0.05, 0.1) is 36.7 Å². The number of rotatable bonds is 7. The third-order valence-electron chi connectivity index (χ3n) is 7.37. The van der Waals surface area contributed by atoms with Gasteiger partial charge in [0.15, 0.2) is 6.61 Å². The first-order valence-corrected chi connectivity index (χ1v) is 15.4. The van der Waals surface area contributed by atoms with Crippen molar-refractivity contribution in [2.75, 3.05) is 19.8 Å². The van der Waals surface area contributed by atoms with Gasteiger partial charge in [-0.25, -0.2) is 14.2 Å². The van der Waals surface area contributed by atoms with Crippen molar-refractivity contribution in [2.45, 2.75) is 67.5 Å². The van der Waals surface area contributed by atoms with E-state index in [1.807, 2.05) is 20.8 Å². The van der Waals surface area contributed by atoms with Crippen LogP contribution in [-0.4, -0.2) is 51.2 Å². The number of carbonyl (C=O) groups excluding carboxylic acids is 1. The van der Waals surface area contributed by atoms with Crippen LogP contribution in [0.2, 0.25) is 5.02 Å². The summed E-state index contributed by atoms with van der Waals surface area (Å²) in [4.78, 5) is 40.8. The van der Waals surface area contributed by atoms with Crippen LogP contribution in [0.5, 0.6) is 11.6 Å². The van der Waals surface area contributed by atoms with Gasteiger partial charge in [-0.2, -0.15) is 0 Å². The maximum atomic E-state index is 13.5. The highest BCUT2D eigenvalue weighted by molar-refractivity contribution is 6.35. The van der Waals surface area contributed by atoms with E-state index >= 15 is 0 Å². The van der Waals surface area contributed by atoms with Gasteiger partial charge in [-0.3, -0.25) is 14.6 Å². The van der Waals surface area contributed by atoms with Gasteiger partial charge in [0.25, 0.3) is 5.56 Å². The van der Waals surface area contributed by atoms with Crippen LogP contribution in [0, 0.1) is 12.3 Å². The molecule has 1 aliphatic heterocycles. The lowest BCUT2D eigenvalue weighted by Gasteiger charge is -2.19. The zero-order valence-electron chi connectivity index (χ0n) is 26.6. The van der Waals surface area contributed by atoms with Crippen molar-refractivity contribution in [1.29, 1.82) is 0 Å². The van der Waals surface area contributed by atoms with Crippen LogP contribution in [0.25, 0.3) is 22.0 Å². The van der Waals surface area contributed by atoms with E-state index in [0.29, 0.717) is 54.0 Å². The lowest BCUT2D eigenvalue weighted by atomic mass is 9.91. The quantitative estimate of drug-likeness (QED) is 0.242. The molecule has 0 bridgehead atoms. The summed E-state index contributed by atoms with van der Waals surface area (Å²) in [6.07, 6.45) is 3.20. The monoisotopic (exact) mass is 637 g/mol. The van der Waals surface area contributed by atoms with Crippen molar-refractivity contribution < 1.29 is 28.9 Å². The smallest absolute Gasteiger partial charge is 0.341 e. The fourth-order valence-corrected chi connectivity index (χ4v) is 5.38. The van der Waals surface area contributed by atoms with E-state index in [2.05, 4.69) is 37.9 Å². The first-order chi connectivity index (χ1) is 21.4. The number of halogens is 1. The number of carboxylic acids is 1. The average Bonchev–Trinajstić information content (AvgIpc) is 3.14. The van der Waals surface area contributed by atoms with Crippen LogP contribution in [0.1, 0.15) is 51.3 Å². The zero-order chi connectivity index (χ0) is 32.9. The average molecular weight is 638 g/mol. The molecule has 2 aromatic carbocycles. The highest BCUT2D eigenvalue weighted by Gasteiger charge is 2.32. The number of esters is 1. The molecule has 1 aliphatic rings. The predicted molar refractivity (Wildman–Crippen MR) is 173 cm³/mol. The number of benzene rings is 2. The molecule has 2 aromatic heterocycles. The number of pyridine rings is 1. The van der Waals surface area contributed by atoms with Gasteiger partial charge in [-0.15, -0.1) is 0 Å². The Morgan fingerprint density at radius 3 is 2.27 bits per heavy atom. The summed E-state index contributed by atoms with van der Waals surface area (Å²) in [5.41, 5.74) is 4.55. The van der Waals surface area contributed by atoms with Crippen LogP contribution in [0.4, 0.5) is 0 Å². The van der Waals surface area contributed by atoms with Crippen LogP contribution in [-0.2, 0) is 40.3 Å². The summed E-state index contributed by atoms with van der Waals surface area (Å²) < 4.78 is 20.0. The number of aromatic nitrogens is 3. The van der Waals surface area contributed by atoms with Gasteiger partial charge >= 0.3 is 11.9 Å². The molecule has 10 nitrogen and oxygen atoms in total.